The maximum atomic E-state index is 13.6. The Kier molecular flexibility index (Phi) is 5.25. The number of nitrogens with two attached hydrogens (primary N) is 1. The molecule has 1 unspecified atom stereocenters. The Morgan fingerprint density at radius 3 is 2.33 bits per heavy atom. The molecule has 1 saturated heterocycles. The molecule has 2 rings (SSSR count). The van der Waals surface area contributed by atoms with E-state index in [1.54, 1.807) is 0 Å². The fourth-order valence-corrected chi connectivity index (χ4v) is 2.51. The summed E-state index contributed by atoms with van der Waals surface area (Å²) in [5.41, 5.74) is 5.14. The van der Waals surface area contributed by atoms with Crippen molar-refractivity contribution in [1.82, 2.24) is 9.80 Å². The maximum absolute atomic E-state index is 13.6. The number of rotatable bonds is 4. The van der Waals surface area contributed by atoms with Crippen molar-refractivity contribution < 1.29 is 13.6 Å². The zero-order chi connectivity index (χ0) is 15.4. The molecular formula is C15H21F2N3O. The van der Waals surface area contributed by atoms with Crippen LogP contribution in [0.5, 0.6) is 0 Å². The van der Waals surface area contributed by atoms with Crippen molar-refractivity contribution in [2.45, 2.75) is 6.92 Å². The maximum Gasteiger partial charge on any atom is 0.259 e. The summed E-state index contributed by atoms with van der Waals surface area (Å²) in [6, 6.07) is 3.47. The van der Waals surface area contributed by atoms with E-state index >= 15 is 0 Å². The van der Waals surface area contributed by atoms with Gasteiger partial charge in [0.25, 0.3) is 5.91 Å². The molecule has 1 aliphatic rings. The van der Waals surface area contributed by atoms with Crippen LogP contribution in [0.15, 0.2) is 18.2 Å². The summed E-state index contributed by atoms with van der Waals surface area (Å²) in [5, 5.41) is 0. The Bertz CT molecular complexity index is 481. The van der Waals surface area contributed by atoms with Crippen molar-refractivity contribution >= 4 is 5.91 Å². The Hall–Kier alpha value is -1.53. The number of carbonyl (C=O) groups excluding carboxylic acids is 1. The van der Waals surface area contributed by atoms with Crippen LogP contribution in [0, 0.1) is 17.6 Å². The molecule has 2 N–H and O–H groups in total. The van der Waals surface area contributed by atoms with E-state index in [0.29, 0.717) is 38.6 Å². The van der Waals surface area contributed by atoms with Crippen molar-refractivity contribution in [1.29, 1.82) is 0 Å². The molecule has 116 valence electrons. The highest BCUT2D eigenvalue weighted by atomic mass is 19.1. The smallest absolute Gasteiger partial charge is 0.259 e. The Balaban J connectivity index is 1.97. The van der Waals surface area contributed by atoms with Crippen molar-refractivity contribution in [3.63, 3.8) is 0 Å². The SMILES string of the molecule is CC(CN)CN1CCN(C(=O)c2c(F)cccc2F)CC1. The van der Waals surface area contributed by atoms with Gasteiger partial charge < -0.3 is 10.6 Å². The Labute approximate surface area is 123 Å². The first-order chi connectivity index (χ1) is 10.0. The van der Waals surface area contributed by atoms with Gasteiger partial charge in [-0.25, -0.2) is 8.78 Å². The molecule has 1 fully saturated rings. The second-order valence-corrected chi connectivity index (χ2v) is 5.53. The molecule has 1 aromatic rings. The van der Waals surface area contributed by atoms with Gasteiger partial charge >= 0.3 is 0 Å². The van der Waals surface area contributed by atoms with Crippen molar-refractivity contribution in [3.8, 4) is 0 Å². The Morgan fingerprint density at radius 1 is 1.24 bits per heavy atom. The lowest BCUT2D eigenvalue weighted by molar-refractivity contribution is 0.0612. The lowest BCUT2D eigenvalue weighted by atomic mass is 10.1. The van der Waals surface area contributed by atoms with E-state index in [1.165, 1.54) is 11.0 Å². The third kappa shape index (κ3) is 3.77. The summed E-state index contributed by atoms with van der Waals surface area (Å²) in [6.45, 7) is 5.94. The van der Waals surface area contributed by atoms with Gasteiger partial charge in [-0.2, -0.15) is 0 Å². The third-order valence-electron chi connectivity index (χ3n) is 3.81. The van der Waals surface area contributed by atoms with Crippen LogP contribution in [-0.2, 0) is 0 Å². The number of hydrogen-bond donors (Lipinski definition) is 1. The summed E-state index contributed by atoms with van der Waals surface area (Å²) in [6.07, 6.45) is 0. The van der Waals surface area contributed by atoms with Crippen LogP contribution in [0.1, 0.15) is 17.3 Å². The Morgan fingerprint density at radius 2 is 1.81 bits per heavy atom. The summed E-state index contributed by atoms with van der Waals surface area (Å²) < 4.78 is 27.3. The first kappa shape index (κ1) is 15.9. The molecule has 0 bridgehead atoms. The third-order valence-corrected chi connectivity index (χ3v) is 3.81. The van der Waals surface area contributed by atoms with E-state index in [9.17, 15) is 13.6 Å². The average Bonchev–Trinajstić information content (AvgIpc) is 2.47. The monoisotopic (exact) mass is 297 g/mol. The molecule has 0 aromatic heterocycles. The molecule has 4 nitrogen and oxygen atoms in total. The topological polar surface area (TPSA) is 49.6 Å². The minimum atomic E-state index is -0.806. The van der Waals surface area contributed by atoms with Gasteiger partial charge in [-0.3, -0.25) is 9.69 Å². The van der Waals surface area contributed by atoms with Crippen molar-refractivity contribution in [3.05, 3.63) is 35.4 Å². The molecule has 21 heavy (non-hydrogen) atoms. The highest BCUT2D eigenvalue weighted by molar-refractivity contribution is 5.94. The number of benzene rings is 1. The molecule has 1 heterocycles. The molecule has 1 amide bonds. The number of piperazine rings is 1. The molecule has 0 saturated carbocycles. The quantitative estimate of drug-likeness (QED) is 0.912. The van der Waals surface area contributed by atoms with Crippen LogP contribution in [0.4, 0.5) is 8.78 Å². The molecule has 6 heteroatoms. The van der Waals surface area contributed by atoms with E-state index < -0.39 is 23.1 Å². The largest absolute Gasteiger partial charge is 0.336 e. The van der Waals surface area contributed by atoms with Gasteiger partial charge in [0.1, 0.15) is 17.2 Å². The van der Waals surface area contributed by atoms with E-state index in [4.69, 9.17) is 5.73 Å². The predicted octanol–water partition coefficient (Wildman–Crippen LogP) is 1.32. The molecule has 0 radical (unpaired) electrons. The van der Waals surface area contributed by atoms with Crippen LogP contribution in [0.25, 0.3) is 0 Å². The number of hydrogen-bond acceptors (Lipinski definition) is 3. The molecule has 0 spiro atoms. The first-order valence-electron chi connectivity index (χ1n) is 7.18. The fourth-order valence-electron chi connectivity index (χ4n) is 2.51. The van der Waals surface area contributed by atoms with Gasteiger partial charge in [0.05, 0.1) is 0 Å². The lowest BCUT2D eigenvalue weighted by Gasteiger charge is -2.35. The highest BCUT2D eigenvalue weighted by Gasteiger charge is 2.26. The van der Waals surface area contributed by atoms with Gasteiger partial charge in [0.2, 0.25) is 0 Å². The van der Waals surface area contributed by atoms with Crippen LogP contribution in [-0.4, -0.2) is 55.0 Å². The number of amides is 1. The van der Waals surface area contributed by atoms with Crippen molar-refractivity contribution in [2.24, 2.45) is 11.7 Å². The summed E-state index contributed by atoms with van der Waals surface area (Å²) in [7, 11) is 0. The summed E-state index contributed by atoms with van der Waals surface area (Å²) in [5.74, 6) is -1.79. The van der Waals surface area contributed by atoms with Crippen LogP contribution >= 0.6 is 0 Å². The van der Waals surface area contributed by atoms with Gasteiger partial charge in [-0.15, -0.1) is 0 Å². The normalized spacial score (nSPS) is 17.8. The first-order valence-corrected chi connectivity index (χ1v) is 7.18. The zero-order valence-electron chi connectivity index (χ0n) is 12.2. The standard InChI is InChI=1S/C15H21F2N3O/c1-11(9-18)10-19-5-7-20(8-6-19)15(21)14-12(16)3-2-4-13(14)17/h2-4,11H,5-10,18H2,1H3. The molecule has 1 aromatic carbocycles. The van der Waals surface area contributed by atoms with E-state index in [2.05, 4.69) is 11.8 Å². The van der Waals surface area contributed by atoms with E-state index in [1.807, 2.05) is 0 Å². The summed E-state index contributed by atoms with van der Waals surface area (Å²) >= 11 is 0. The van der Waals surface area contributed by atoms with E-state index in [-0.39, 0.29) is 0 Å². The van der Waals surface area contributed by atoms with Gasteiger partial charge in [-0.05, 0) is 24.6 Å². The van der Waals surface area contributed by atoms with Crippen LogP contribution < -0.4 is 5.73 Å². The van der Waals surface area contributed by atoms with Crippen LogP contribution in [0.3, 0.4) is 0 Å². The van der Waals surface area contributed by atoms with Gasteiger partial charge in [0, 0.05) is 32.7 Å². The van der Waals surface area contributed by atoms with Crippen LogP contribution in [0.2, 0.25) is 0 Å². The minimum Gasteiger partial charge on any atom is -0.336 e. The zero-order valence-corrected chi connectivity index (χ0v) is 12.2. The average molecular weight is 297 g/mol. The number of halogens is 2. The fraction of sp³-hybridized carbons (Fsp3) is 0.533. The molecular weight excluding hydrogens is 276 g/mol. The van der Waals surface area contributed by atoms with E-state index in [0.717, 1.165) is 18.7 Å². The molecule has 1 atom stereocenters. The predicted molar refractivity (Wildman–Crippen MR) is 76.9 cm³/mol. The second-order valence-electron chi connectivity index (χ2n) is 5.53. The highest BCUT2D eigenvalue weighted by Crippen LogP contribution is 2.16. The molecule has 1 aliphatic heterocycles. The lowest BCUT2D eigenvalue weighted by Crippen LogP contribution is -2.50. The number of nitrogens with zero attached hydrogens (tertiary/aromatic N) is 2. The van der Waals surface area contributed by atoms with Crippen molar-refractivity contribution in [2.75, 3.05) is 39.3 Å². The number of carbonyl (C=O) groups is 1. The van der Waals surface area contributed by atoms with Gasteiger partial charge in [-0.1, -0.05) is 13.0 Å². The second kappa shape index (κ2) is 6.95. The molecule has 0 aliphatic carbocycles. The summed E-state index contributed by atoms with van der Waals surface area (Å²) in [4.78, 5) is 16.0. The van der Waals surface area contributed by atoms with Gasteiger partial charge in [0.15, 0.2) is 0 Å². The minimum absolute atomic E-state index is 0.399.